The molecule has 0 radical (unpaired) electrons. The molecule has 6 N–H and O–H groups in total. The maximum absolute atomic E-state index is 12.8. The number of nitrogens with one attached hydrogen (secondary N) is 1. The normalized spacial score (nSPS) is 15.1. The van der Waals surface area contributed by atoms with Gasteiger partial charge in [-0.1, -0.05) is 154 Å². The third-order valence-corrected chi connectivity index (χ3v) is 9.85. The van der Waals surface area contributed by atoms with Crippen molar-refractivity contribution in [3.8, 4) is 0 Å². The van der Waals surface area contributed by atoms with Crippen LogP contribution in [0.2, 0.25) is 0 Å². The van der Waals surface area contributed by atoms with Crippen LogP contribution in [0, 0.1) is 0 Å². The molecule has 10 heteroatoms. The number of hydrogen-bond donors (Lipinski definition) is 5. The fourth-order valence-electron chi connectivity index (χ4n) is 5.80. The molecule has 0 aromatic carbocycles. The molecule has 0 bridgehead atoms. The van der Waals surface area contributed by atoms with Crippen molar-refractivity contribution in [2.45, 2.75) is 199 Å². The van der Waals surface area contributed by atoms with Crippen LogP contribution in [0.1, 0.15) is 181 Å². The molecule has 9 nitrogen and oxygen atoms in total. The maximum atomic E-state index is 12.8. The number of aliphatic hydroxyl groups is 2. The van der Waals surface area contributed by atoms with Gasteiger partial charge in [-0.2, -0.15) is 0 Å². The summed E-state index contributed by atoms with van der Waals surface area (Å²) in [5.74, 6) is -0.423. The van der Waals surface area contributed by atoms with Crippen LogP contribution >= 0.6 is 7.82 Å². The standard InChI is InChI=1S/C39H77N2O7P/c1-3-5-7-9-11-13-15-17-18-19-20-22-24-26-28-30-36(42)34-39(44)41-37(35-48-49(45,46)47-33-32-40)38(43)31-29-27-25-23-21-16-14-12-10-8-6-4-2/h11,13,17-18,36-38,42-43H,3-10,12,14-16,19-35,40H2,1-2H3,(H,41,44)(H,45,46)/b13-11-,18-17-. The predicted molar refractivity (Wildman–Crippen MR) is 204 cm³/mol. The van der Waals surface area contributed by atoms with Gasteiger partial charge in [0.2, 0.25) is 5.91 Å². The zero-order valence-corrected chi connectivity index (χ0v) is 32.4. The lowest BCUT2D eigenvalue weighted by atomic mass is 10.0. The van der Waals surface area contributed by atoms with Gasteiger partial charge >= 0.3 is 7.82 Å². The Bertz CT molecular complexity index is 842. The molecule has 0 aromatic heterocycles. The van der Waals surface area contributed by atoms with E-state index in [4.69, 9.17) is 14.8 Å². The number of carbonyl (C=O) groups excluding carboxylic acids is 1. The van der Waals surface area contributed by atoms with Gasteiger partial charge in [0.15, 0.2) is 0 Å². The van der Waals surface area contributed by atoms with Crippen LogP contribution < -0.4 is 11.1 Å². The SMILES string of the molecule is CCCCC/C=C\C/C=C\CCCCCCCC(O)CC(=O)NC(COP(=O)(O)OCCN)C(O)CCCCCCCCCCCCCC. The number of amides is 1. The molecular formula is C39H77N2O7P. The highest BCUT2D eigenvalue weighted by atomic mass is 31.2. The second-order valence-corrected chi connectivity index (χ2v) is 15.1. The Morgan fingerprint density at radius 3 is 1.71 bits per heavy atom. The maximum Gasteiger partial charge on any atom is 0.472 e. The Balaban J connectivity index is 4.35. The molecule has 49 heavy (non-hydrogen) atoms. The second-order valence-electron chi connectivity index (χ2n) is 13.7. The molecule has 0 saturated heterocycles. The second kappa shape index (κ2) is 35.3. The van der Waals surface area contributed by atoms with E-state index in [1.807, 2.05) is 0 Å². The molecule has 0 rings (SSSR count). The van der Waals surface area contributed by atoms with Gasteiger partial charge in [-0.3, -0.25) is 13.8 Å². The summed E-state index contributed by atoms with van der Waals surface area (Å²) in [6.07, 6.45) is 35.0. The fourth-order valence-corrected chi connectivity index (χ4v) is 6.56. The Labute approximate surface area is 300 Å². The molecule has 4 atom stereocenters. The number of phosphoric acid groups is 1. The summed E-state index contributed by atoms with van der Waals surface area (Å²) in [7, 11) is -4.37. The molecule has 4 unspecified atom stereocenters. The Kier molecular flexibility index (Phi) is 34.6. The smallest absolute Gasteiger partial charge is 0.393 e. The van der Waals surface area contributed by atoms with E-state index in [1.54, 1.807) is 0 Å². The quantitative estimate of drug-likeness (QED) is 0.0242. The summed E-state index contributed by atoms with van der Waals surface area (Å²) in [6.45, 7) is 3.99. The number of rotatable bonds is 37. The first-order chi connectivity index (χ1) is 23.8. The molecule has 0 saturated carbocycles. The van der Waals surface area contributed by atoms with Crippen LogP contribution in [0.3, 0.4) is 0 Å². The van der Waals surface area contributed by atoms with Crippen LogP contribution in [0.5, 0.6) is 0 Å². The zero-order valence-electron chi connectivity index (χ0n) is 31.5. The van der Waals surface area contributed by atoms with Crippen molar-refractivity contribution in [1.29, 1.82) is 0 Å². The number of aliphatic hydroxyl groups excluding tert-OH is 2. The van der Waals surface area contributed by atoms with E-state index in [0.29, 0.717) is 12.8 Å². The van der Waals surface area contributed by atoms with Crippen molar-refractivity contribution < 1.29 is 33.5 Å². The molecule has 0 spiro atoms. The molecule has 0 heterocycles. The molecule has 290 valence electrons. The Morgan fingerprint density at radius 2 is 1.16 bits per heavy atom. The Hall–Kier alpha value is -1.06. The highest BCUT2D eigenvalue weighted by molar-refractivity contribution is 7.47. The van der Waals surface area contributed by atoms with Crippen molar-refractivity contribution in [3.63, 3.8) is 0 Å². The molecule has 1 amide bonds. The van der Waals surface area contributed by atoms with Gasteiger partial charge in [0, 0.05) is 6.54 Å². The highest BCUT2D eigenvalue weighted by Gasteiger charge is 2.28. The largest absolute Gasteiger partial charge is 0.472 e. The minimum Gasteiger partial charge on any atom is -0.393 e. The number of hydrogen-bond acceptors (Lipinski definition) is 7. The molecule has 0 fully saturated rings. The van der Waals surface area contributed by atoms with Gasteiger partial charge in [-0.25, -0.2) is 4.57 Å². The predicted octanol–water partition coefficient (Wildman–Crippen LogP) is 9.58. The summed E-state index contributed by atoms with van der Waals surface area (Å²) in [4.78, 5) is 22.7. The molecule has 0 aromatic rings. The van der Waals surface area contributed by atoms with Gasteiger partial charge in [0.05, 0.1) is 37.9 Å². The van der Waals surface area contributed by atoms with Crippen LogP contribution in [-0.4, -0.2) is 59.0 Å². The minimum absolute atomic E-state index is 0.0578. The molecule has 0 aliphatic carbocycles. The third-order valence-electron chi connectivity index (χ3n) is 8.86. The van der Waals surface area contributed by atoms with Crippen LogP contribution in [-0.2, 0) is 18.4 Å². The van der Waals surface area contributed by atoms with Gasteiger partial charge in [-0.05, 0) is 44.9 Å². The highest BCUT2D eigenvalue weighted by Crippen LogP contribution is 2.43. The van der Waals surface area contributed by atoms with E-state index in [0.717, 1.165) is 64.2 Å². The number of carbonyl (C=O) groups is 1. The zero-order chi connectivity index (χ0) is 36.3. The summed E-state index contributed by atoms with van der Waals surface area (Å²) in [5, 5.41) is 24.1. The van der Waals surface area contributed by atoms with Gasteiger partial charge in [-0.15, -0.1) is 0 Å². The third kappa shape index (κ3) is 33.8. The van der Waals surface area contributed by atoms with Crippen molar-refractivity contribution in [2.24, 2.45) is 5.73 Å². The monoisotopic (exact) mass is 717 g/mol. The lowest BCUT2D eigenvalue weighted by molar-refractivity contribution is -0.125. The van der Waals surface area contributed by atoms with Gasteiger partial charge < -0.3 is 26.2 Å². The summed E-state index contributed by atoms with van der Waals surface area (Å²) < 4.78 is 22.1. The number of unbranched alkanes of at least 4 members (excludes halogenated alkanes) is 19. The van der Waals surface area contributed by atoms with E-state index in [-0.39, 0.29) is 26.2 Å². The van der Waals surface area contributed by atoms with E-state index < -0.39 is 32.0 Å². The Morgan fingerprint density at radius 1 is 0.694 bits per heavy atom. The van der Waals surface area contributed by atoms with Crippen molar-refractivity contribution in [1.82, 2.24) is 5.32 Å². The lowest BCUT2D eigenvalue weighted by Gasteiger charge is -2.25. The van der Waals surface area contributed by atoms with Crippen molar-refractivity contribution in [2.75, 3.05) is 19.8 Å². The fraction of sp³-hybridized carbons (Fsp3) is 0.872. The van der Waals surface area contributed by atoms with E-state index in [1.165, 1.54) is 83.5 Å². The van der Waals surface area contributed by atoms with E-state index in [9.17, 15) is 24.5 Å². The average Bonchev–Trinajstić information content (AvgIpc) is 3.07. The first kappa shape index (κ1) is 47.9. The lowest BCUT2D eigenvalue weighted by Crippen LogP contribution is -2.47. The molecular weight excluding hydrogens is 639 g/mol. The number of phosphoric ester groups is 1. The minimum atomic E-state index is -4.37. The number of nitrogens with two attached hydrogens (primary N) is 1. The summed E-state index contributed by atoms with van der Waals surface area (Å²) in [6, 6.07) is -0.898. The molecule has 0 aliphatic heterocycles. The first-order valence-electron chi connectivity index (χ1n) is 20.0. The van der Waals surface area contributed by atoms with Gasteiger partial charge in [0.25, 0.3) is 0 Å². The van der Waals surface area contributed by atoms with Crippen molar-refractivity contribution in [3.05, 3.63) is 24.3 Å². The van der Waals surface area contributed by atoms with E-state index >= 15 is 0 Å². The topological polar surface area (TPSA) is 151 Å². The first-order valence-corrected chi connectivity index (χ1v) is 21.5. The van der Waals surface area contributed by atoms with Crippen LogP contribution in [0.15, 0.2) is 24.3 Å². The van der Waals surface area contributed by atoms with E-state index in [2.05, 4.69) is 43.5 Å². The van der Waals surface area contributed by atoms with Crippen LogP contribution in [0.4, 0.5) is 0 Å². The van der Waals surface area contributed by atoms with Gasteiger partial charge in [0.1, 0.15) is 0 Å². The number of allylic oxidation sites excluding steroid dienone is 4. The summed E-state index contributed by atoms with van der Waals surface area (Å²) in [5.41, 5.74) is 5.35. The average molecular weight is 717 g/mol. The van der Waals surface area contributed by atoms with Crippen molar-refractivity contribution >= 4 is 13.7 Å². The van der Waals surface area contributed by atoms with Crippen LogP contribution in [0.25, 0.3) is 0 Å². The summed E-state index contributed by atoms with van der Waals surface area (Å²) >= 11 is 0. The molecule has 0 aliphatic rings.